The first-order chi connectivity index (χ1) is 11.5. The number of ether oxygens (including phenoxy) is 4. The van der Waals surface area contributed by atoms with Gasteiger partial charge in [-0.25, -0.2) is 0 Å². The molecule has 0 aliphatic carbocycles. The number of hydrogen-bond donors (Lipinski definition) is 5. The number of carbonyl (C=O) groups excluding carboxylic acids is 1. The molecular formula is C15H26O10. The van der Waals surface area contributed by atoms with Gasteiger partial charge in [-0.3, -0.25) is 4.79 Å². The van der Waals surface area contributed by atoms with Crippen molar-refractivity contribution in [2.45, 2.75) is 75.6 Å². The summed E-state index contributed by atoms with van der Waals surface area (Å²) in [5, 5.41) is 48.9. The molecule has 10 heteroatoms. The lowest BCUT2D eigenvalue weighted by Crippen LogP contribution is -2.61. The average molecular weight is 366 g/mol. The van der Waals surface area contributed by atoms with Crippen LogP contribution in [-0.4, -0.2) is 99.3 Å². The Balaban J connectivity index is 2.09. The van der Waals surface area contributed by atoms with Gasteiger partial charge in [0.15, 0.2) is 6.29 Å². The Bertz CT molecular complexity index is 464. The highest BCUT2D eigenvalue weighted by Gasteiger charge is 2.48. The van der Waals surface area contributed by atoms with Crippen molar-refractivity contribution in [1.82, 2.24) is 0 Å². The Labute approximate surface area is 144 Å². The average Bonchev–Trinajstić information content (AvgIpc) is 2.53. The molecule has 0 spiro atoms. The number of rotatable bonds is 4. The second-order valence-electron chi connectivity index (χ2n) is 7.12. The van der Waals surface area contributed by atoms with E-state index in [-0.39, 0.29) is 6.61 Å². The van der Waals surface area contributed by atoms with E-state index in [1.807, 2.05) is 0 Å². The van der Waals surface area contributed by atoms with Crippen molar-refractivity contribution in [3.8, 4) is 0 Å². The summed E-state index contributed by atoms with van der Waals surface area (Å²) in [6, 6.07) is 0. The fourth-order valence-corrected chi connectivity index (χ4v) is 2.60. The fourth-order valence-electron chi connectivity index (χ4n) is 2.60. The molecule has 8 atom stereocenters. The van der Waals surface area contributed by atoms with E-state index < -0.39 is 67.2 Å². The lowest BCUT2D eigenvalue weighted by atomic mass is 10.00. The molecule has 2 saturated heterocycles. The number of ketones is 1. The molecule has 146 valence electrons. The molecule has 2 aliphatic heterocycles. The maximum Gasteiger partial charge on any atom is 0.221 e. The molecule has 2 unspecified atom stereocenters. The van der Waals surface area contributed by atoms with Crippen molar-refractivity contribution >= 4 is 5.78 Å². The standard InChI is InChI=1S/C15H26O10/c1-15(2,3)25-13-11(21)12(6(17)5-22-13)24-14-10(20)9(19)8(18)7(4-16)23-14/h6-9,11-14,16-19,21H,4-5H2,1-3H3/t6-,7?,8-,9+,11?,12+,13+,14+/m1/s1. The number of aliphatic hydroxyl groups excluding tert-OH is 5. The molecule has 0 amide bonds. The van der Waals surface area contributed by atoms with Gasteiger partial charge >= 0.3 is 0 Å². The molecule has 5 N–H and O–H groups in total. The minimum Gasteiger partial charge on any atom is -0.394 e. The van der Waals surface area contributed by atoms with Gasteiger partial charge in [0.25, 0.3) is 0 Å². The van der Waals surface area contributed by atoms with E-state index in [1.54, 1.807) is 20.8 Å². The Hall–Kier alpha value is -0.690. The summed E-state index contributed by atoms with van der Waals surface area (Å²) in [4.78, 5) is 12.0. The van der Waals surface area contributed by atoms with Gasteiger partial charge in [-0.15, -0.1) is 0 Å². The maximum absolute atomic E-state index is 12.0. The zero-order valence-corrected chi connectivity index (χ0v) is 14.3. The highest BCUT2D eigenvalue weighted by atomic mass is 16.7. The van der Waals surface area contributed by atoms with Crippen LogP contribution in [0.2, 0.25) is 0 Å². The Morgan fingerprint density at radius 2 is 1.80 bits per heavy atom. The van der Waals surface area contributed by atoms with Crippen molar-refractivity contribution in [2.24, 2.45) is 0 Å². The zero-order chi connectivity index (χ0) is 18.9. The maximum atomic E-state index is 12.0. The van der Waals surface area contributed by atoms with E-state index in [1.165, 1.54) is 0 Å². The number of carbonyl (C=O) groups is 1. The summed E-state index contributed by atoms with van der Waals surface area (Å²) in [6.45, 7) is 4.39. The molecule has 2 aliphatic rings. The van der Waals surface area contributed by atoms with Gasteiger partial charge in [0.2, 0.25) is 12.1 Å². The predicted molar refractivity (Wildman–Crippen MR) is 80.2 cm³/mol. The van der Waals surface area contributed by atoms with Crippen molar-refractivity contribution in [2.75, 3.05) is 13.2 Å². The molecule has 0 saturated carbocycles. The minimum atomic E-state index is -1.81. The molecule has 0 aromatic rings. The normalized spacial score (nSPS) is 43.3. The van der Waals surface area contributed by atoms with Crippen molar-refractivity contribution < 1.29 is 49.3 Å². The molecular weight excluding hydrogens is 340 g/mol. The zero-order valence-electron chi connectivity index (χ0n) is 14.3. The van der Waals surface area contributed by atoms with Gasteiger partial charge in [0.05, 0.1) is 18.8 Å². The van der Waals surface area contributed by atoms with Gasteiger partial charge in [0.1, 0.15) is 36.6 Å². The third-order valence-electron chi connectivity index (χ3n) is 3.88. The van der Waals surface area contributed by atoms with Crippen LogP contribution >= 0.6 is 0 Å². The topological polar surface area (TPSA) is 155 Å². The van der Waals surface area contributed by atoms with Gasteiger partial charge in [0, 0.05) is 0 Å². The van der Waals surface area contributed by atoms with E-state index in [4.69, 9.17) is 24.1 Å². The summed E-state index contributed by atoms with van der Waals surface area (Å²) in [5.74, 6) is -0.976. The molecule has 0 aromatic carbocycles. The van der Waals surface area contributed by atoms with Crippen molar-refractivity contribution in [3.05, 3.63) is 0 Å². The first-order valence-corrected chi connectivity index (χ1v) is 8.02. The highest BCUT2D eigenvalue weighted by molar-refractivity contribution is 5.87. The largest absolute Gasteiger partial charge is 0.394 e. The summed E-state index contributed by atoms with van der Waals surface area (Å²) in [7, 11) is 0. The monoisotopic (exact) mass is 366 g/mol. The molecule has 0 bridgehead atoms. The molecule has 0 radical (unpaired) electrons. The molecule has 25 heavy (non-hydrogen) atoms. The summed E-state index contributed by atoms with van der Waals surface area (Å²) < 4.78 is 21.3. The predicted octanol–water partition coefficient (Wildman–Crippen LogP) is -2.73. The Morgan fingerprint density at radius 3 is 2.36 bits per heavy atom. The van der Waals surface area contributed by atoms with Crippen LogP contribution in [0.1, 0.15) is 20.8 Å². The van der Waals surface area contributed by atoms with Crippen LogP contribution in [0.4, 0.5) is 0 Å². The van der Waals surface area contributed by atoms with Crippen LogP contribution in [0.15, 0.2) is 0 Å². The molecule has 2 fully saturated rings. The number of aliphatic hydroxyl groups is 5. The second-order valence-corrected chi connectivity index (χ2v) is 7.12. The smallest absolute Gasteiger partial charge is 0.221 e. The summed E-state index contributed by atoms with van der Waals surface area (Å²) in [6.07, 6.45) is -11.4. The Morgan fingerprint density at radius 1 is 1.16 bits per heavy atom. The SMILES string of the molecule is CC(C)(C)O[C@@H]1OC[C@@H](O)[C@H](O[C@@H]2OC(CO)[C@@H](O)[C@H](O)C2=O)C1O. The van der Waals surface area contributed by atoms with Gasteiger partial charge in [-0.2, -0.15) is 0 Å². The van der Waals surface area contributed by atoms with E-state index in [0.29, 0.717) is 0 Å². The molecule has 0 aromatic heterocycles. The number of Topliss-reactive ketones (excluding diaryl/α,β-unsaturated/α-hetero) is 1. The second kappa shape index (κ2) is 7.91. The first kappa shape index (κ1) is 20.6. The van der Waals surface area contributed by atoms with E-state index in [9.17, 15) is 25.2 Å². The highest BCUT2D eigenvalue weighted by Crippen LogP contribution is 2.27. The van der Waals surface area contributed by atoms with Crippen LogP contribution in [0.5, 0.6) is 0 Å². The van der Waals surface area contributed by atoms with E-state index in [2.05, 4.69) is 0 Å². The Kier molecular flexibility index (Phi) is 6.52. The fraction of sp³-hybridized carbons (Fsp3) is 0.933. The molecule has 2 heterocycles. The minimum absolute atomic E-state index is 0.210. The van der Waals surface area contributed by atoms with Gasteiger partial charge in [-0.1, -0.05) is 0 Å². The van der Waals surface area contributed by atoms with Gasteiger partial charge < -0.3 is 44.5 Å². The third-order valence-corrected chi connectivity index (χ3v) is 3.88. The lowest BCUT2D eigenvalue weighted by Gasteiger charge is -2.42. The number of hydrogen-bond acceptors (Lipinski definition) is 10. The molecule has 2 rings (SSSR count). The summed E-state index contributed by atoms with van der Waals surface area (Å²) in [5.41, 5.74) is -0.641. The van der Waals surface area contributed by atoms with Crippen LogP contribution in [0.3, 0.4) is 0 Å². The first-order valence-electron chi connectivity index (χ1n) is 8.02. The van der Waals surface area contributed by atoms with Crippen molar-refractivity contribution in [1.29, 1.82) is 0 Å². The van der Waals surface area contributed by atoms with E-state index >= 15 is 0 Å². The van der Waals surface area contributed by atoms with Crippen LogP contribution in [0, 0.1) is 0 Å². The quantitative estimate of drug-likeness (QED) is 0.354. The third kappa shape index (κ3) is 4.73. The van der Waals surface area contributed by atoms with Crippen LogP contribution in [-0.2, 0) is 23.7 Å². The van der Waals surface area contributed by atoms with E-state index in [0.717, 1.165) is 0 Å². The summed E-state index contributed by atoms with van der Waals surface area (Å²) >= 11 is 0. The molecule has 10 nitrogen and oxygen atoms in total. The van der Waals surface area contributed by atoms with Crippen molar-refractivity contribution in [3.63, 3.8) is 0 Å². The van der Waals surface area contributed by atoms with Gasteiger partial charge in [-0.05, 0) is 20.8 Å². The van der Waals surface area contributed by atoms with Crippen LogP contribution in [0.25, 0.3) is 0 Å². The lowest BCUT2D eigenvalue weighted by molar-refractivity contribution is -0.326. The van der Waals surface area contributed by atoms with Crippen LogP contribution < -0.4 is 0 Å².